The van der Waals surface area contributed by atoms with Gasteiger partial charge in [-0.3, -0.25) is 9.59 Å². The Balaban J connectivity index is 1.49. The van der Waals surface area contributed by atoms with E-state index in [-0.39, 0.29) is 29.0 Å². The number of nitrogens with zero attached hydrogens (tertiary/aromatic N) is 2. The van der Waals surface area contributed by atoms with Crippen LogP contribution in [0.5, 0.6) is 5.75 Å². The molecule has 2 heterocycles. The molecule has 27 heavy (non-hydrogen) atoms. The number of aromatic hydroxyl groups is 1. The van der Waals surface area contributed by atoms with Crippen LogP contribution in [0.25, 0.3) is 0 Å². The van der Waals surface area contributed by atoms with Crippen LogP contribution < -0.4 is 0 Å². The van der Waals surface area contributed by atoms with Crippen molar-refractivity contribution in [3.05, 3.63) is 65.7 Å². The van der Waals surface area contributed by atoms with Crippen LogP contribution in [0.15, 0.2) is 54.6 Å². The Morgan fingerprint density at radius 2 is 1.67 bits per heavy atom. The summed E-state index contributed by atoms with van der Waals surface area (Å²) in [5.41, 5.74) is 1.22. The molecule has 2 aromatic carbocycles. The number of para-hydroxylation sites is 1. The molecular formula is C22H24N2O3. The lowest BCUT2D eigenvalue weighted by Gasteiger charge is -2.43. The highest BCUT2D eigenvalue weighted by Gasteiger charge is 2.50. The van der Waals surface area contributed by atoms with Crippen molar-refractivity contribution in [2.45, 2.75) is 30.7 Å². The van der Waals surface area contributed by atoms with Crippen molar-refractivity contribution in [2.75, 3.05) is 20.1 Å². The zero-order valence-electron chi connectivity index (χ0n) is 15.5. The molecule has 2 aromatic rings. The summed E-state index contributed by atoms with van der Waals surface area (Å²) in [5.74, 6) is -0.0621. The number of hydrogen-bond donors (Lipinski definition) is 1. The second-order valence-corrected chi connectivity index (χ2v) is 7.60. The van der Waals surface area contributed by atoms with E-state index in [9.17, 15) is 14.7 Å². The summed E-state index contributed by atoms with van der Waals surface area (Å²) in [6, 6.07) is 16.6. The van der Waals surface area contributed by atoms with Gasteiger partial charge in [-0.2, -0.15) is 0 Å². The van der Waals surface area contributed by atoms with Crippen LogP contribution in [0.1, 0.15) is 41.1 Å². The van der Waals surface area contributed by atoms with Crippen molar-refractivity contribution in [1.29, 1.82) is 0 Å². The second-order valence-electron chi connectivity index (χ2n) is 7.60. The first-order valence-corrected chi connectivity index (χ1v) is 9.42. The smallest absolute Gasteiger partial charge is 0.257 e. The zero-order valence-corrected chi connectivity index (χ0v) is 15.5. The molecular weight excluding hydrogens is 340 g/mol. The molecule has 2 fully saturated rings. The molecule has 0 radical (unpaired) electrons. The van der Waals surface area contributed by atoms with Gasteiger partial charge in [0.05, 0.1) is 11.5 Å². The van der Waals surface area contributed by atoms with Crippen molar-refractivity contribution in [3.63, 3.8) is 0 Å². The fraction of sp³-hybridized carbons (Fsp3) is 0.364. The van der Waals surface area contributed by atoms with Gasteiger partial charge in [0, 0.05) is 25.7 Å². The number of carbonyl (C=O) groups excluding carboxylic acids is 2. The van der Waals surface area contributed by atoms with Crippen LogP contribution in [-0.2, 0) is 4.79 Å². The number of carbonyl (C=O) groups is 2. The molecule has 2 aliphatic rings. The van der Waals surface area contributed by atoms with Crippen molar-refractivity contribution < 1.29 is 14.7 Å². The van der Waals surface area contributed by atoms with Crippen molar-refractivity contribution in [1.82, 2.24) is 9.80 Å². The van der Waals surface area contributed by atoms with E-state index in [4.69, 9.17) is 0 Å². The third kappa shape index (κ3) is 2.97. The van der Waals surface area contributed by atoms with E-state index in [1.54, 1.807) is 23.1 Å². The van der Waals surface area contributed by atoms with Gasteiger partial charge in [-0.15, -0.1) is 0 Å². The predicted octanol–water partition coefficient (Wildman–Crippen LogP) is 3.01. The number of likely N-dealkylation sites (tertiary alicyclic amines) is 2. The maximum absolute atomic E-state index is 12.9. The van der Waals surface area contributed by atoms with Crippen LogP contribution in [-0.4, -0.2) is 52.4 Å². The van der Waals surface area contributed by atoms with Gasteiger partial charge in [-0.25, -0.2) is 0 Å². The van der Waals surface area contributed by atoms with Gasteiger partial charge in [0.25, 0.3) is 5.91 Å². The first kappa shape index (κ1) is 17.6. The number of benzene rings is 2. The lowest BCUT2D eigenvalue weighted by atomic mass is 9.81. The average Bonchev–Trinajstić information content (AvgIpc) is 2.94. The van der Waals surface area contributed by atoms with Crippen molar-refractivity contribution in [2.24, 2.45) is 0 Å². The highest BCUT2D eigenvalue weighted by molar-refractivity contribution is 5.97. The maximum atomic E-state index is 12.9. The van der Waals surface area contributed by atoms with Gasteiger partial charge in [-0.05, 0) is 37.0 Å². The fourth-order valence-corrected chi connectivity index (χ4v) is 4.51. The molecule has 5 nitrogen and oxygen atoms in total. The highest BCUT2D eigenvalue weighted by atomic mass is 16.3. The van der Waals surface area contributed by atoms with E-state index in [2.05, 4.69) is 0 Å². The standard InChI is InChI=1S/C22H24N2O3/c1-23-20(26)18(16-7-3-2-4-8-16)15-22(23)11-13-24(14-12-22)21(27)17-9-5-6-10-19(17)25/h2-10,18,25H,11-15H2,1H3. The fourth-order valence-electron chi connectivity index (χ4n) is 4.51. The van der Waals surface area contributed by atoms with E-state index >= 15 is 0 Å². The largest absolute Gasteiger partial charge is 0.507 e. The molecule has 4 rings (SSSR count). The number of likely N-dealkylation sites (N-methyl/N-ethyl adjacent to an activating group) is 1. The summed E-state index contributed by atoms with van der Waals surface area (Å²) in [5, 5.41) is 9.95. The van der Waals surface area contributed by atoms with E-state index in [1.807, 2.05) is 42.3 Å². The van der Waals surface area contributed by atoms with Crippen molar-refractivity contribution in [3.8, 4) is 5.75 Å². The van der Waals surface area contributed by atoms with Gasteiger partial charge >= 0.3 is 0 Å². The Hall–Kier alpha value is -2.82. The molecule has 5 heteroatoms. The number of rotatable bonds is 2. The lowest BCUT2D eigenvalue weighted by Crippen LogP contribution is -2.52. The summed E-state index contributed by atoms with van der Waals surface area (Å²) in [7, 11) is 1.89. The molecule has 1 N–H and O–H groups in total. The highest BCUT2D eigenvalue weighted by Crippen LogP contribution is 2.45. The average molecular weight is 364 g/mol. The Labute approximate surface area is 159 Å². The van der Waals surface area contributed by atoms with Crippen LogP contribution in [0.4, 0.5) is 0 Å². The lowest BCUT2D eigenvalue weighted by molar-refractivity contribution is -0.131. The van der Waals surface area contributed by atoms with Crippen LogP contribution in [0, 0.1) is 0 Å². The first-order valence-electron chi connectivity index (χ1n) is 9.42. The minimum absolute atomic E-state index is 0.0140. The Morgan fingerprint density at radius 3 is 2.33 bits per heavy atom. The van der Waals surface area contributed by atoms with Crippen LogP contribution >= 0.6 is 0 Å². The maximum Gasteiger partial charge on any atom is 0.257 e. The van der Waals surface area contributed by atoms with Gasteiger partial charge in [0.1, 0.15) is 5.75 Å². The van der Waals surface area contributed by atoms with Crippen LogP contribution in [0.3, 0.4) is 0 Å². The number of phenols is 1. The van der Waals surface area contributed by atoms with Gasteiger partial charge < -0.3 is 14.9 Å². The molecule has 1 spiro atoms. The molecule has 1 unspecified atom stereocenters. The minimum atomic E-state index is -0.187. The molecule has 0 saturated carbocycles. The third-order valence-corrected chi connectivity index (χ3v) is 6.24. The SMILES string of the molecule is CN1C(=O)C(c2ccccc2)CC12CCN(C(=O)c1ccccc1O)CC2. The van der Waals surface area contributed by atoms with Crippen LogP contribution in [0.2, 0.25) is 0 Å². The molecule has 0 bridgehead atoms. The number of hydrogen-bond acceptors (Lipinski definition) is 3. The van der Waals surface area contributed by atoms with Crippen molar-refractivity contribution >= 4 is 11.8 Å². The Bertz CT molecular complexity index is 857. The molecule has 2 amide bonds. The zero-order chi connectivity index (χ0) is 19.0. The molecule has 2 aliphatic heterocycles. The molecule has 1 atom stereocenters. The normalized spacial score (nSPS) is 21.7. The second kappa shape index (κ2) is 6.72. The number of phenolic OH excluding ortho intramolecular Hbond substituents is 1. The molecule has 0 aromatic heterocycles. The number of amides is 2. The Morgan fingerprint density at radius 1 is 1.04 bits per heavy atom. The van der Waals surface area contributed by atoms with Gasteiger partial charge in [0.15, 0.2) is 0 Å². The molecule has 0 aliphatic carbocycles. The summed E-state index contributed by atoms with van der Waals surface area (Å²) in [4.78, 5) is 29.3. The van der Waals surface area contributed by atoms with E-state index < -0.39 is 0 Å². The molecule has 140 valence electrons. The third-order valence-electron chi connectivity index (χ3n) is 6.24. The minimum Gasteiger partial charge on any atom is -0.507 e. The topological polar surface area (TPSA) is 60.9 Å². The first-order chi connectivity index (χ1) is 13.0. The van der Waals surface area contributed by atoms with Gasteiger partial charge in [-0.1, -0.05) is 42.5 Å². The van der Waals surface area contributed by atoms with E-state index in [0.717, 1.165) is 24.8 Å². The van der Waals surface area contributed by atoms with E-state index in [1.165, 1.54) is 6.07 Å². The summed E-state index contributed by atoms with van der Waals surface area (Å²) in [6.07, 6.45) is 2.32. The summed E-state index contributed by atoms with van der Waals surface area (Å²) >= 11 is 0. The van der Waals surface area contributed by atoms with E-state index in [0.29, 0.717) is 18.7 Å². The number of piperidine rings is 1. The summed E-state index contributed by atoms with van der Waals surface area (Å²) in [6.45, 7) is 1.18. The predicted molar refractivity (Wildman–Crippen MR) is 103 cm³/mol. The monoisotopic (exact) mass is 364 g/mol. The Kier molecular flexibility index (Phi) is 4.38. The summed E-state index contributed by atoms with van der Waals surface area (Å²) < 4.78 is 0. The quantitative estimate of drug-likeness (QED) is 0.891. The molecule has 2 saturated heterocycles. The van der Waals surface area contributed by atoms with Gasteiger partial charge in [0.2, 0.25) is 5.91 Å².